The number of likely N-dealkylation sites (tertiary alicyclic amines) is 1. The van der Waals surface area contributed by atoms with E-state index in [1.807, 2.05) is 4.90 Å². The molecule has 0 bridgehead atoms. The summed E-state index contributed by atoms with van der Waals surface area (Å²) in [6.45, 7) is 1.91. The molecule has 0 saturated carbocycles. The van der Waals surface area contributed by atoms with Gasteiger partial charge in [0.05, 0.1) is 23.3 Å². The Kier molecular flexibility index (Phi) is 6.88. The number of aromatic nitrogens is 2. The van der Waals surface area contributed by atoms with Gasteiger partial charge in [-0.05, 0) is 31.0 Å². The summed E-state index contributed by atoms with van der Waals surface area (Å²) in [4.78, 5) is 23.1. The number of ether oxygens (including phenoxy) is 3. The van der Waals surface area contributed by atoms with Crippen molar-refractivity contribution < 1.29 is 23.4 Å². The second-order valence-electron chi connectivity index (χ2n) is 8.61. The van der Waals surface area contributed by atoms with Gasteiger partial charge in [-0.3, -0.25) is 4.79 Å². The number of rotatable bonds is 6. The Morgan fingerprint density at radius 3 is 2.77 bits per heavy atom. The molecule has 2 fully saturated rings. The minimum Gasteiger partial charge on any atom is -0.493 e. The fourth-order valence-electron chi connectivity index (χ4n) is 4.49. The third kappa shape index (κ3) is 4.97. The summed E-state index contributed by atoms with van der Waals surface area (Å²) in [6.07, 6.45) is 4.21. The van der Waals surface area contributed by atoms with Crippen molar-refractivity contribution in [3.05, 3.63) is 47.5 Å². The highest BCUT2D eigenvalue weighted by molar-refractivity contribution is 6.31. The average Bonchev–Trinajstić information content (AvgIpc) is 3.42. The van der Waals surface area contributed by atoms with E-state index in [-0.39, 0.29) is 28.8 Å². The number of nitrogens with one attached hydrogen (secondary N) is 1. The molecule has 0 aliphatic carbocycles. The number of anilines is 2. The van der Waals surface area contributed by atoms with Gasteiger partial charge in [-0.25, -0.2) is 14.4 Å². The quantitative estimate of drug-likeness (QED) is 0.524. The zero-order valence-corrected chi connectivity index (χ0v) is 20.1. The molecule has 35 heavy (non-hydrogen) atoms. The number of piperidine rings is 1. The lowest BCUT2D eigenvalue weighted by Crippen LogP contribution is -2.45. The van der Waals surface area contributed by atoms with E-state index in [4.69, 9.17) is 25.8 Å². The highest BCUT2D eigenvalue weighted by atomic mass is 35.5. The predicted molar refractivity (Wildman–Crippen MR) is 130 cm³/mol. The molecular formula is C25H26ClFN4O4. The van der Waals surface area contributed by atoms with Crippen LogP contribution in [0.4, 0.5) is 15.9 Å². The van der Waals surface area contributed by atoms with Crippen LogP contribution in [-0.4, -0.2) is 59.8 Å². The molecule has 10 heteroatoms. The molecule has 3 aromatic rings. The Balaban J connectivity index is 1.32. The normalized spacial score (nSPS) is 18.6. The van der Waals surface area contributed by atoms with Crippen LogP contribution in [0.15, 0.2) is 36.7 Å². The topological polar surface area (TPSA) is 85.8 Å². The molecule has 1 unspecified atom stereocenters. The van der Waals surface area contributed by atoms with E-state index in [0.29, 0.717) is 60.8 Å². The molecule has 1 atom stereocenters. The van der Waals surface area contributed by atoms with Gasteiger partial charge in [0.2, 0.25) is 0 Å². The van der Waals surface area contributed by atoms with Crippen molar-refractivity contribution in [1.29, 1.82) is 0 Å². The minimum atomic E-state index is -0.558. The summed E-state index contributed by atoms with van der Waals surface area (Å²) in [5, 5.41) is 3.66. The summed E-state index contributed by atoms with van der Waals surface area (Å²) in [7, 11) is 1.56. The van der Waals surface area contributed by atoms with Gasteiger partial charge in [-0.2, -0.15) is 0 Å². The van der Waals surface area contributed by atoms with Gasteiger partial charge in [-0.1, -0.05) is 17.7 Å². The number of carbonyl (C=O) groups excluding carboxylic acids is 1. The number of methoxy groups -OCH3 is 1. The van der Waals surface area contributed by atoms with Crippen molar-refractivity contribution >= 4 is 39.9 Å². The summed E-state index contributed by atoms with van der Waals surface area (Å²) in [5.74, 6) is 1.01. The van der Waals surface area contributed by atoms with E-state index in [9.17, 15) is 9.18 Å². The second kappa shape index (κ2) is 10.2. The van der Waals surface area contributed by atoms with Crippen LogP contribution in [0.25, 0.3) is 10.9 Å². The first kappa shape index (κ1) is 23.6. The number of nitrogens with zero attached hydrogens (tertiary/aromatic N) is 3. The Labute approximate surface area is 207 Å². The number of halogens is 2. The van der Waals surface area contributed by atoms with Crippen molar-refractivity contribution in [3.8, 4) is 11.5 Å². The average molecular weight is 501 g/mol. The summed E-state index contributed by atoms with van der Waals surface area (Å²) in [6, 6.07) is 8.28. The highest BCUT2D eigenvalue weighted by Crippen LogP contribution is 2.37. The van der Waals surface area contributed by atoms with E-state index in [2.05, 4.69) is 15.3 Å². The first-order valence-electron chi connectivity index (χ1n) is 11.6. The summed E-state index contributed by atoms with van der Waals surface area (Å²) >= 11 is 5.91. The molecule has 2 saturated heterocycles. The van der Waals surface area contributed by atoms with Crippen LogP contribution in [-0.2, 0) is 9.53 Å². The van der Waals surface area contributed by atoms with Crippen LogP contribution >= 0.6 is 11.6 Å². The highest BCUT2D eigenvalue weighted by Gasteiger charge is 2.31. The Bertz CT molecular complexity index is 1230. The minimum absolute atomic E-state index is 0.0187. The first-order valence-corrected chi connectivity index (χ1v) is 12.0. The van der Waals surface area contributed by atoms with Gasteiger partial charge >= 0.3 is 0 Å². The van der Waals surface area contributed by atoms with E-state index in [0.717, 1.165) is 12.8 Å². The zero-order valence-electron chi connectivity index (χ0n) is 19.3. The fraction of sp³-hybridized carbons (Fsp3) is 0.400. The largest absolute Gasteiger partial charge is 0.493 e. The smallest absolute Gasteiger partial charge is 0.251 e. The lowest BCUT2D eigenvalue weighted by Gasteiger charge is -2.33. The monoisotopic (exact) mass is 500 g/mol. The van der Waals surface area contributed by atoms with E-state index < -0.39 is 5.82 Å². The van der Waals surface area contributed by atoms with Crippen LogP contribution in [0.3, 0.4) is 0 Å². The third-order valence-corrected chi connectivity index (χ3v) is 6.67. The van der Waals surface area contributed by atoms with Crippen molar-refractivity contribution in [2.24, 2.45) is 0 Å². The van der Waals surface area contributed by atoms with Crippen LogP contribution in [0.2, 0.25) is 5.02 Å². The molecule has 2 aliphatic rings. The maximum atomic E-state index is 14.4. The number of benzene rings is 2. The first-order chi connectivity index (χ1) is 17.0. The molecule has 1 amide bonds. The number of hydrogen-bond donors (Lipinski definition) is 1. The van der Waals surface area contributed by atoms with E-state index in [1.165, 1.54) is 12.4 Å². The molecule has 2 aliphatic heterocycles. The lowest BCUT2D eigenvalue weighted by molar-refractivity contribution is -0.142. The lowest BCUT2D eigenvalue weighted by atomic mass is 10.1. The van der Waals surface area contributed by atoms with Crippen molar-refractivity contribution in [2.45, 2.75) is 37.9 Å². The van der Waals surface area contributed by atoms with Gasteiger partial charge in [-0.15, -0.1) is 0 Å². The fourth-order valence-corrected chi connectivity index (χ4v) is 4.67. The van der Waals surface area contributed by atoms with Gasteiger partial charge in [0, 0.05) is 44.0 Å². The van der Waals surface area contributed by atoms with Crippen molar-refractivity contribution in [3.63, 3.8) is 0 Å². The molecule has 1 aromatic heterocycles. The number of hydrogen-bond acceptors (Lipinski definition) is 7. The maximum Gasteiger partial charge on any atom is 0.251 e. The third-order valence-electron chi connectivity index (χ3n) is 6.38. The molecule has 2 aromatic carbocycles. The predicted octanol–water partition coefficient (Wildman–Crippen LogP) is 4.72. The molecule has 5 rings (SSSR count). The molecule has 0 radical (unpaired) electrons. The Morgan fingerprint density at radius 2 is 2.03 bits per heavy atom. The van der Waals surface area contributed by atoms with Gasteiger partial charge < -0.3 is 24.4 Å². The van der Waals surface area contributed by atoms with E-state index >= 15 is 0 Å². The Morgan fingerprint density at radius 1 is 1.20 bits per heavy atom. The second-order valence-corrected chi connectivity index (χ2v) is 9.02. The number of carbonyl (C=O) groups is 1. The Hall–Kier alpha value is -3.17. The van der Waals surface area contributed by atoms with Crippen LogP contribution in [0.1, 0.15) is 25.7 Å². The summed E-state index contributed by atoms with van der Waals surface area (Å²) < 4.78 is 31.8. The van der Waals surface area contributed by atoms with Crippen LogP contribution < -0.4 is 14.8 Å². The number of fused-ring (bicyclic) bond motifs is 1. The molecule has 184 valence electrons. The standard InChI is InChI=1S/C25H26ClFN4O4/c1-33-21-12-16-19(28-14-29-24(16)30-18-5-2-4-17(26)23(18)27)13-22(21)35-15-7-9-31(10-8-15)25(32)20-6-3-11-34-20/h2,4-5,12-15,20H,3,6-11H2,1H3,(H,28,29,30). The van der Waals surface area contributed by atoms with Gasteiger partial charge in [0.25, 0.3) is 5.91 Å². The van der Waals surface area contributed by atoms with E-state index in [1.54, 1.807) is 31.4 Å². The molecular weight excluding hydrogens is 475 g/mol. The zero-order chi connectivity index (χ0) is 24.4. The SMILES string of the molecule is COc1cc2c(Nc3cccc(Cl)c3F)ncnc2cc1OC1CCN(C(=O)C2CCCO2)CC1. The molecule has 3 heterocycles. The van der Waals surface area contributed by atoms with Gasteiger partial charge in [0.15, 0.2) is 17.3 Å². The van der Waals surface area contributed by atoms with Crippen molar-refractivity contribution in [2.75, 3.05) is 32.1 Å². The van der Waals surface area contributed by atoms with Crippen molar-refractivity contribution in [1.82, 2.24) is 14.9 Å². The van der Waals surface area contributed by atoms with Gasteiger partial charge in [0.1, 0.15) is 24.4 Å². The van der Waals surface area contributed by atoms with Crippen LogP contribution in [0, 0.1) is 5.82 Å². The molecule has 8 nitrogen and oxygen atoms in total. The summed E-state index contributed by atoms with van der Waals surface area (Å²) in [5.41, 5.74) is 0.827. The number of amides is 1. The maximum absolute atomic E-state index is 14.4. The molecule has 0 spiro atoms. The van der Waals surface area contributed by atoms with Crippen LogP contribution in [0.5, 0.6) is 11.5 Å². The molecule has 1 N–H and O–H groups in total.